The fourth-order valence-electron chi connectivity index (χ4n) is 5.28. The van der Waals surface area contributed by atoms with Crippen LogP contribution in [0.2, 0.25) is 0 Å². The number of hydrogen-bond donors (Lipinski definition) is 2. The third-order valence-electron chi connectivity index (χ3n) is 7.12. The summed E-state index contributed by atoms with van der Waals surface area (Å²) in [5.74, 6) is -0.0582. The Kier molecular flexibility index (Phi) is 4.26. The number of hydrogen-bond acceptors (Lipinski definition) is 6. The van der Waals surface area contributed by atoms with Gasteiger partial charge in [-0.3, -0.25) is 25.1 Å². The zero-order valence-electron chi connectivity index (χ0n) is 19.1. The second-order valence-electron chi connectivity index (χ2n) is 9.82. The van der Waals surface area contributed by atoms with E-state index >= 15 is 0 Å². The molecule has 5 heterocycles. The maximum atomic E-state index is 12.4. The van der Waals surface area contributed by atoms with Crippen LogP contribution in [0, 0.1) is 0 Å². The monoisotopic (exact) mass is 486 g/mol. The second kappa shape index (κ2) is 6.84. The molecule has 0 saturated carbocycles. The highest BCUT2D eigenvalue weighted by Gasteiger charge is 2.46. The molecule has 170 valence electrons. The SMILES string of the molecule is CC1(C)c2cccnc2N2c3sc(C=C4C(=O)NC(=S)NC4=O)cc3C(C)(C)c3cccc1c32. The van der Waals surface area contributed by atoms with E-state index in [0.717, 1.165) is 26.8 Å². The van der Waals surface area contributed by atoms with E-state index in [1.807, 2.05) is 12.3 Å². The zero-order valence-corrected chi connectivity index (χ0v) is 20.8. The van der Waals surface area contributed by atoms with Crippen molar-refractivity contribution in [2.75, 3.05) is 4.90 Å². The van der Waals surface area contributed by atoms with Gasteiger partial charge in [-0.2, -0.15) is 0 Å². The van der Waals surface area contributed by atoms with Gasteiger partial charge < -0.3 is 0 Å². The largest absolute Gasteiger partial charge is 0.299 e. The van der Waals surface area contributed by atoms with Crippen molar-refractivity contribution in [1.29, 1.82) is 0 Å². The van der Waals surface area contributed by atoms with Crippen LogP contribution < -0.4 is 15.5 Å². The number of pyridine rings is 1. The number of anilines is 3. The number of fused-ring (bicyclic) bond motifs is 4. The Balaban J connectivity index is 1.60. The van der Waals surface area contributed by atoms with E-state index in [1.165, 1.54) is 16.8 Å². The number of thiocarbonyl (C=S) groups is 1. The van der Waals surface area contributed by atoms with Gasteiger partial charge in [0.1, 0.15) is 16.4 Å². The van der Waals surface area contributed by atoms with Gasteiger partial charge in [0.25, 0.3) is 11.8 Å². The number of para-hydroxylation sites is 1. The maximum absolute atomic E-state index is 12.4. The number of amides is 2. The van der Waals surface area contributed by atoms with E-state index < -0.39 is 11.8 Å². The molecule has 3 aromatic rings. The van der Waals surface area contributed by atoms with Crippen molar-refractivity contribution in [1.82, 2.24) is 15.6 Å². The Bertz CT molecular complexity index is 1460. The molecule has 3 aliphatic heterocycles. The van der Waals surface area contributed by atoms with Crippen LogP contribution in [0.1, 0.15) is 54.8 Å². The van der Waals surface area contributed by atoms with Crippen LogP contribution in [0.3, 0.4) is 0 Å². The Hall–Kier alpha value is -3.36. The Morgan fingerprint density at radius 3 is 2.24 bits per heavy atom. The van der Waals surface area contributed by atoms with Gasteiger partial charge in [-0.05, 0) is 47.1 Å². The molecule has 2 aromatic heterocycles. The lowest BCUT2D eigenvalue weighted by Crippen LogP contribution is -2.51. The third kappa shape index (κ3) is 2.72. The van der Waals surface area contributed by atoms with Gasteiger partial charge in [0, 0.05) is 27.5 Å². The molecule has 6 nitrogen and oxygen atoms in total. The molecule has 8 heteroatoms. The van der Waals surface area contributed by atoms with Crippen molar-refractivity contribution in [3.8, 4) is 0 Å². The second-order valence-corrected chi connectivity index (χ2v) is 11.3. The summed E-state index contributed by atoms with van der Waals surface area (Å²) in [6, 6.07) is 12.7. The summed E-state index contributed by atoms with van der Waals surface area (Å²) in [7, 11) is 0. The number of thiophene rings is 1. The van der Waals surface area contributed by atoms with E-state index in [-0.39, 0.29) is 21.5 Å². The molecule has 2 amide bonds. The van der Waals surface area contributed by atoms with E-state index in [0.29, 0.717) is 0 Å². The molecular formula is C26H22N4O2S2. The van der Waals surface area contributed by atoms with Crippen molar-refractivity contribution in [2.45, 2.75) is 38.5 Å². The Morgan fingerprint density at radius 1 is 0.941 bits per heavy atom. The minimum absolute atomic E-state index is 0.0281. The van der Waals surface area contributed by atoms with Crippen LogP contribution in [0.25, 0.3) is 6.08 Å². The van der Waals surface area contributed by atoms with Gasteiger partial charge >= 0.3 is 0 Å². The molecule has 0 atom stereocenters. The fourth-order valence-corrected chi connectivity index (χ4v) is 6.74. The topological polar surface area (TPSA) is 74.3 Å². The quantitative estimate of drug-likeness (QED) is 0.294. The zero-order chi connectivity index (χ0) is 24.0. The number of carbonyl (C=O) groups excluding carboxylic acids is 2. The van der Waals surface area contributed by atoms with Gasteiger partial charge in [0.05, 0.1) is 5.69 Å². The molecule has 1 saturated heterocycles. The third-order valence-corrected chi connectivity index (χ3v) is 8.39. The summed E-state index contributed by atoms with van der Waals surface area (Å²) in [5, 5.41) is 6.10. The van der Waals surface area contributed by atoms with Gasteiger partial charge in [-0.25, -0.2) is 4.98 Å². The number of aromatic nitrogens is 1. The summed E-state index contributed by atoms with van der Waals surface area (Å²) < 4.78 is 0. The van der Waals surface area contributed by atoms with Crippen LogP contribution in [-0.2, 0) is 20.4 Å². The van der Waals surface area contributed by atoms with Gasteiger partial charge in [0.2, 0.25) is 0 Å². The molecule has 0 radical (unpaired) electrons. The number of rotatable bonds is 1. The molecule has 1 aromatic carbocycles. The van der Waals surface area contributed by atoms with Gasteiger partial charge in [0.15, 0.2) is 5.11 Å². The van der Waals surface area contributed by atoms with Crippen molar-refractivity contribution in [3.05, 3.63) is 75.3 Å². The first-order chi connectivity index (χ1) is 16.1. The predicted octanol–water partition coefficient (Wildman–Crippen LogP) is 4.81. The van der Waals surface area contributed by atoms with E-state index in [2.05, 4.69) is 73.6 Å². The van der Waals surface area contributed by atoms with Gasteiger partial charge in [-0.1, -0.05) is 52.0 Å². The first-order valence-corrected chi connectivity index (χ1v) is 12.3. The fraction of sp³-hybridized carbons (Fsp3) is 0.231. The first kappa shape index (κ1) is 21.2. The van der Waals surface area contributed by atoms with Crippen LogP contribution in [0.4, 0.5) is 16.5 Å². The van der Waals surface area contributed by atoms with Crippen molar-refractivity contribution in [3.63, 3.8) is 0 Å². The molecule has 0 unspecified atom stereocenters. The number of carbonyl (C=O) groups is 2. The summed E-state index contributed by atoms with van der Waals surface area (Å²) in [5.41, 5.74) is 5.55. The van der Waals surface area contributed by atoms with E-state index in [4.69, 9.17) is 17.2 Å². The number of nitrogens with zero attached hydrogens (tertiary/aromatic N) is 2. The average molecular weight is 487 g/mol. The summed E-state index contributed by atoms with van der Waals surface area (Å²) in [4.78, 5) is 32.8. The molecule has 0 spiro atoms. The summed E-state index contributed by atoms with van der Waals surface area (Å²) >= 11 is 6.48. The molecule has 0 bridgehead atoms. The highest BCUT2D eigenvalue weighted by Crippen LogP contribution is 2.61. The van der Waals surface area contributed by atoms with Crippen LogP contribution in [0.15, 0.2) is 48.2 Å². The smallest absolute Gasteiger partial charge is 0.263 e. The van der Waals surface area contributed by atoms with E-state index in [9.17, 15) is 9.59 Å². The lowest BCUT2D eigenvalue weighted by molar-refractivity contribution is -0.123. The van der Waals surface area contributed by atoms with Crippen molar-refractivity contribution >= 4 is 63.1 Å². The van der Waals surface area contributed by atoms with Crippen LogP contribution in [-0.4, -0.2) is 21.9 Å². The van der Waals surface area contributed by atoms with Crippen molar-refractivity contribution < 1.29 is 9.59 Å². The van der Waals surface area contributed by atoms with E-state index in [1.54, 1.807) is 17.4 Å². The molecule has 6 rings (SSSR count). The van der Waals surface area contributed by atoms with Crippen LogP contribution >= 0.6 is 23.6 Å². The standard InChI is InChI=1S/C26H22N4O2S2/c1-25(2)15-7-5-8-16-19(15)30(20-17(25)9-6-10-27-20)23-18(26(16,3)4)12-13(34-23)11-14-21(31)28-24(33)29-22(14)32/h5-12H,1-4H3,(H2,28,29,31,32,33). The van der Waals surface area contributed by atoms with Crippen molar-refractivity contribution in [2.24, 2.45) is 0 Å². The number of nitrogens with one attached hydrogen (secondary N) is 2. The minimum atomic E-state index is -0.489. The molecule has 3 aliphatic rings. The molecule has 2 N–H and O–H groups in total. The highest BCUT2D eigenvalue weighted by atomic mass is 32.1. The lowest BCUT2D eigenvalue weighted by Gasteiger charge is -2.47. The van der Waals surface area contributed by atoms with Gasteiger partial charge in [-0.15, -0.1) is 11.3 Å². The summed E-state index contributed by atoms with van der Waals surface area (Å²) in [6.45, 7) is 8.94. The Morgan fingerprint density at radius 2 is 1.56 bits per heavy atom. The lowest BCUT2D eigenvalue weighted by atomic mass is 9.68. The van der Waals surface area contributed by atoms with Crippen LogP contribution in [0.5, 0.6) is 0 Å². The minimum Gasteiger partial charge on any atom is -0.299 e. The maximum Gasteiger partial charge on any atom is 0.263 e. The first-order valence-electron chi connectivity index (χ1n) is 11.0. The molecular weight excluding hydrogens is 464 g/mol. The molecule has 1 fully saturated rings. The molecule has 0 aliphatic carbocycles. The molecule has 34 heavy (non-hydrogen) atoms. The highest BCUT2D eigenvalue weighted by molar-refractivity contribution is 7.80. The predicted molar refractivity (Wildman–Crippen MR) is 138 cm³/mol. The summed E-state index contributed by atoms with van der Waals surface area (Å²) in [6.07, 6.45) is 3.47. The average Bonchev–Trinajstić information content (AvgIpc) is 3.21. The Labute approximate surface area is 206 Å². The number of benzene rings is 1. The normalized spacial score (nSPS) is 19.0.